The molecule has 0 saturated heterocycles. The van der Waals surface area contributed by atoms with Gasteiger partial charge in [-0.1, -0.05) is 73.9 Å². The van der Waals surface area contributed by atoms with E-state index in [4.69, 9.17) is 0 Å². The number of benzene rings is 3. The number of para-hydroxylation sites is 2. The van der Waals surface area contributed by atoms with Crippen molar-refractivity contribution in [1.82, 2.24) is 4.57 Å². The molecule has 1 aliphatic carbocycles. The lowest BCUT2D eigenvalue weighted by Gasteiger charge is -2.26. The van der Waals surface area contributed by atoms with Gasteiger partial charge in [0.15, 0.2) is 5.69 Å². The van der Waals surface area contributed by atoms with E-state index < -0.39 is 5.89 Å². The Bertz CT molecular complexity index is 1330. The van der Waals surface area contributed by atoms with Gasteiger partial charge in [-0.2, -0.15) is 9.13 Å². The van der Waals surface area contributed by atoms with Gasteiger partial charge in [-0.05, 0) is 55.5 Å². The predicted octanol–water partition coefficient (Wildman–Crippen LogP) is 7.06. The molecule has 3 aromatic carbocycles. The fourth-order valence-electron chi connectivity index (χ4n) is 5.97. The monoisotopic (exact) mass is 420 g/mol. The van der Waals surface area contributed by atoms with Crippen LogP contribution in [-0.2, 0) is 0 Å². The third-order valence-corrected chi connectivity index (χ3v) is 7.42. The van der Waals surface area contributed by atoms with Crippen LogP contribution in [0.1, 0.15) is 61.9 Å². The minimum Gasteiger partial charge on any atom is -0.192 e. The van der Waals surface area contributed by atoms with Gasteiger partial charge in [0.05, 0.1) is 11.5 Å². The van der Waals surface area contributed by atoms with Gasteiger partial charge in [0, 0.05) is 13.9 Å². The largest absolute Gasteiger partial charge is 0.299 e. The Labute approximate surface area is 192 Å². The number of aromatic nitrogens is 2. The Morgan fingerprint density at radius 3 is 2.28 bits per heavy atom. The maximum absolute atomic E-state index is 10.1. The summed E-state index contributed by atoms with van der Waals surface area (Å²) in [5.74, 6) is 0.768. The lowest BCUT2D eigenvalue weighted by atomic mass is 9.76. The van der Waals surface area contributed by atoms with E-state index in [2.05, 4.69) is 102 Å². The van der Waals surface area contributed by atoms with Gasteiger partial charge < -0.3 is 0 Å². The number of fused-ring (bicyclic) bond motifs is 3. The molecule has 2 nitrogen and oxygen atoms in total. The lowest BCUT2D eigenvalue weighted by molar-refractivity contribution is -0.590. The number of hydrogen-bond acceptors (Lipinski definition) is 0. The number of hydrogen-bond donors (Lipinski definition) is 0. The van der Waals surface area contributed by atoms with Crippen molar-refractivity contribution in [3.63, 3.8) is 0 Å². The van der Waals surface area contributed by atoms with Crippen LogP contribution in [-0.4, -0.2) is 4.57 Å². The third-order valence-electron chi connectivity index (χ3n) is 7.42. The molecule has 0 amide bonds. The Hall–Kier alpha value is -3.13. The summed E-state index contributed by atoms with van der Waals surface area (Å²) < 4.78 is 14.9. The number of nitrogens with zero attached hydrogens (tertiary/aromatic N) is 2. The smallest absolute Gasteiger partial charge is 0.192 e. The first-order valence-electron chi connectivity index (χ1n) is 12.5. The summed E-state index contributed by atoms with van der Waals surface area (Å²) in [5.41, 5.74) is 8.29. The van der Waals surface area contributed by atoms with Crippen molar-refractivity contribution < 1.29 is 5.94 Å². The summed E-state index contributed by atoms with van der Waals surface area (Å²) in [7, 11) is 0. The molecule has 0 radical (unpaired) electrons. The highest BCUT2D eigenvalue weighted by atomic mass is 15.2. The SMILES string of the molecule is [2H]C1(C2CCCCC2)c2ccccc2-n2c1c(C)[n+](-c1ccccc1C)c2-c1ccccc1. The first-order valence-corrected chi connectivity index (χ1v) is 12.0. The molecule has 0 N–H and O–H groups in total. The van der Waals surface area contributed by atoms with Gasteiger partial charge >= 0.3 is 0 Å². The van der Waals surface area contributed by atoms with Crippen LogP contribution in [0.25, 0.3) is 22.8 Å². The molecule has 2 heteroatoms. The van der Waals surface area contributed by atoms with E-state index in [0.29, 0.717) is 5.92 Å². The number of rotatable bonds is 3. The van der Waals surface area contributed by atoms with E-state index >= 15 is 0 Å². The van der Waals surface area contributed by atoms with Crippen LogP contribution in [0.4, 0.5) is 0 Å². The number of aryl methyl sites for hydroxylation is 1. The van der Waals surface area contributed by atoms with Crippen molar-refractivity contribution in [2.75, 3.05) is 0 Å². The van der Waals surface area contributed by atoms with Crippen LogP contribution in [0, 0.1) is 19.8 Å². The summed E-state index contributed by atoms with van der Waals surface area (Å²) in [6, 6.07) is 28.0. The maximum Gasteiger partial charge on any atom is 0.299 e. The van der Waals surface area contributed by atoms with Crippen molar-refractivity contribution >= 4 is 0 Å². The van der Waals surface area contributed by atoms with Gasteiger partial charge in [-0.15, -0.1) is 0 Å². The molecule has 1 saturated carbocycles. The Balaban J connectivity index is 1.74. The van der Waals surface area contributed by atoms with Gasteiger partial charge in [0.2, 0.25) is 0 Å². The molecule has 1 atom stereocenters. The molecule has 32 heavy (non-hydrogen) atoms. The average Bonchev–Trinajstić information content (AvgIpc) is 3.32. The molecule has 160 valence electrons. The summed E-state index contributed by atoms with van der Waals surface area (Å²) in [5, 5.41) is 0. The first-order chi connectivity index (χ1) is 16.1. The van der Waals surface area contributed by atoms with Crippen LogP contribution in [0.15, 0.2) is 78.9 Å². The zero-order valence-electron chi connectivity index (χ0n) is 20.0. The lowest BCUT2D eigenvalue weighted by Crippen LogP contribution is -2.36. The van der Waals surface area contributed by atoms with Crippen LogP contribution in [0.2, 0.25) is 0 Å². The number of imidazole rings is 1. The highest BCUT2D eigenvalue weighted by Gasteiger charge is 2.46. The predicted molar refractivity (Wildman–Crippen MR) is 131 cm³/mol. The van der Waals surface area contributed by atoms with Crippen molar-refractivity contribution in [2.45, 2.75) is 51.8 Å². The average molecular weight is 421 g/mol. The normalized spacial score (nSPS) is 20.6. The Kier molecular flexibility index (Phi) is 4.48. The Morgan fingerprint density at radius 2 is 1.50 bits per heavy atom. The minimum absolute atomic E-state index is 0.344. The van der Waals surface area contributed by atoms with Gasteiger partial charge in [0.25, 0.3) is 5.82 Å². The fourth-order valence-corrected chi connectivity index (χ4v) is 5.97. The third kappa shape index (κ3) is 2.89. The zero-order valence-corrected chi connectivity index (χ0v) is 19.0. The molecule has 2 aliphatic rings. The molecule has 4 aromatic rings. The summed E-state index contributed by atoms with van der Waals surface area (Å²) in [6.07, 6.45) is 6.03. The minimum atomic E-state index is -0.724. The van der Waals surface area contributed by atoms with Crippen molar-refractivity contribution in [3.8, 4) is 22.8 Å². The van der Waals surface area contributed by atoms with Crippen molar-refractivity contribution in [1.29, 1.82) is 0 Å². The van der Waals surface area contributed by atoms with E-state index in [1.807, 2.05) is 0 Å². The molecule has 1 unspecified atom stereocenters. The molecule has 1 aromatic heterocycles. The second-order valence-corrected chi connectivity index (χ2v) is 9.35. The molecule has 1 fully saturated rings. The summed E-state index contributed by atoms with van der Waals surface area (Å²) >= 11 is 0. The molecule has 6 rings (SSSR count). The standard InChI is InChI=1S/C30H31N2/c1-21-13-9-11-19-26(21)31-22(2)29-28(23-14-5-3-6-15-23)25-18-10-12-20-27(25)32(29)30(31)24-16-7-4-8-17-24/h4,7-13,16-20,23,28H,3,5-6,14-15H2,1-2H3/q+1/i28D. The molecule has 0 spiro atoms. The molecule has 1 aliphatic heterocycles. The van der Waals surface area contributed by atoms with Crippen LogP contribution >= 0.6 is 0 Å². The quantitative estimate of drug-likeness (QED) is 0.314. The molecule has 0 bridgehead atoms. The summed E-state index contributed by atoms with van der Waals surface area (Å²) in [6.45, 7) is 4.41. The first kappa shape index (κ1) is 18.4. The topological polar surface area (TPSA) is 8.81 Å². The van der Waals surface area contributed by atoms with Crippen molar-refractivity contribution in [3.05, 3.63) is 101 Å². The summed E-state index contributed by atoms with van der Waals surface area (Å²) in [4.78, 5) is 0. The van der Waals surface area contributed by atoms with Crippen molar-refractivity contribution in [2.24, 2.45) is 5.92 Å². The highest BCUT2D eigenvalue weighted by molar-refractivity contribution is 5.65. The second-order valence-electron chi connectivity index (χ2n) is 9.35. The van der Waals surface area contributed by atoms with Gasteiger partial charge in [0.1, 0.15) is 17.1 Å². The van der Waals surface area contributed by atoms with E-state index in [0.717, 1.165) is 24.4 Å². The van der Waals surface area contributed by atoms with Crippen LogP contribution in [0.3, 0.4) is 0 Å². The van der Waals surface area contributed by atoms with Gasteiger partial charge in [-0.3, -0.25) is 0 Å². The van der Waals surface area contributed by atoms with Crippen LogP contribution in [0.5, 0.6) is 0 Å². The molecular weight excluding hydrogens is 388 g/mol. The fraction of sp³-hybridized carbons (Fsp3) is 0.300. The highest BCUT2D eigenvalue weighted by Crippen LogP contribution is 2.49. The maximum atomic E-state index is 10.1. The van der Waals surface area contributed by atoms with Gasteiger partial charge in [-0.25, -0.2) is 0 Å². The van der Waals surface area contributed by atoms with E-state index in [1.165, 1.54) is 53.0 Å². The van der Waals surface area contributed by atoms with E-state index in [9.17, 15) is 1.37 Å². The van der Waals surface area contributed by atoms with E-state index in [-0.39, 0.29) is 0 Å². The Morgan fingerprint density at radius 1 is 0.812 bits per heavy atom. The molecular formula is C30H31N2+. The van der Waals surface area contributed by atoms with E-state index in [1.54, 1.807) is 0 Å². The van der Waals surface area contributed by atoms with Crippen LogP contribution < -0.4 is 4.57 Å². The zero-order chi connectivity index (χ0) is 22.6. The molecule has 2 heterocycles. The second kappa shape index (κ2) is 7.78.